The molecule has 0 aliphatic rings. The Morgan fingerprint density at radius 1 is 1.44 bits per heavy atom. The lowest BCUT2D eigenvalue weighted by Gasteiger charge is -2.25. The molecule has 2 aromatic rings. The van der Waals surface area contributed by atoms with Crippen LogP contribution in [0.1, 0.15) is 18.2 Å². The molecule has 0 saturated heterocycles. The summed E-state index contributed by atoms with van der Waals surface area (Å²) in [5.74, 6) is 0.686. The van der Waals surface area contributed by atoms with Gasteiger partial charge < -0.3 is 9.84 Å². The number of aliphatic hydroxyl groups is 1. The highest BCUT2D eigenvalue weighted by atomic mass is 35.5. The molecule has 0 bridgehead atoms. The maximum absolute atomic E-state index is 10.7. The normalized spacial score (nSPS) is 14.3. The number of ether oxygens (including phenoxy) is 1. The Kier molecular flexibility index (Phi) is 3.32. The highest BCUT2D eigenvalue weighted by molar-refractivity contribution is 6.31. The standard InChI is InChI=1S/C13H15ClN2O2/c1-13(17,12-11(14)8-15-16(12)2)9-5-4-6-10(7-9)18-3/h4-8,17H,1-3H3. The van der Waals surface area contributed by atoms with Crippen molar-refractivity contribution in [2.75, 3.05) is 7.11 Å². The van der Waals surface area contributed by atoms with E-state index in [1.807, 2.05) is 18.2 Å². The van der Waals surface area contributed by atoms with Gasteiger partial charge in [0.05, 0.1) is 24.0 Å². The summed E-state index contributed by atoms with van der Waals surface area (Å²) in [6.07, 6.45) is 1.52. The maximum Gasteiger partial charge on any atom is 0.130 e. The third kappa shape index (κ3) is 2.09. The van der Waals surface area contributed by atoms with Crippen LogP contribution in [0.2, 0.25) is 5.02 Å². The number of halogens is 1. The lowest BCUT2D eigenvalue weighted by atomic mass is 9.92. The van der Waals surface area contributed by atoms with Gasteiger partial charge in [0.15, 0.2) is 0 Å². The number of nitrogens with zero attached hydrogens (tertiary/aromatic N) is 2. The molecule has 4 nitrogen and oxygen atoms in total. The highest BCUT2D eigenvalue weighted by Gasteiger charge is 2.31. The van der Waals surface area contributed by atoms with Gasteiger partial charge in [0, 0.05) is 7.05 Å². The topological polar surface area (TPSA) is 47.3 Å². The minimum Gasteiger partial charge on any atom is -0.497 e. The van der Waals surface area contributed by atoms with E-state index in [0.29, 0.717) is 22.0 Å². The summed E-state index contributed by atoms with van der Waals surface area (Å²) in [6, 6.07) is 7.26. The van der Waals surface area contributed by atoms with Gasteiger partial charge in [-0.05, 0) is 24.6 Å². The first kappa shape index (κ1) is 12.9. The molecule has 18 heavy (non-hydrogen) atoms. The maximum atomic E-state index is 10.7. The predicted octanol–water partition coefficient (Wildman–Crippen LogP) is 2.34. The molecule has 1 heterocycles. The zero-order valence-corrected chi connectivity index (χ0v) is 11.3. The van der Waals surface area contributed by atoms with Gasteiger partial charge in [0.1, 0.15) is 11.4 Å². The zero-order valence-electron chi connectivity index (χ0n) is 10.5. The first-order valence-corrected chi connectivity index (χ1v) is 5.89. The van der Waals surface area contributed by atoms with Crippen LogP contribution in [0.15, 0.2) is 30.5 Å². The lowest BCUT2D eigenvalue weighted by Crippen LogP contribution is -2.26. The summed E-state index contributed by atoms with van der Waals surface area (Å²) in [5.41, 5.74) is 0.0291. The quantitative estimate of drug-likeness (QED) is 0.928. The van der Waals surface area contributed by atoms with Crippen LogP contribution in [0.4, 0.5) is 0 Å². The summed E-state index contributed by atoms with van der Waals surface area (Å²) in [5, 5.41) is 15.2. The second-order valence-corrected chi connectivity index (χ2v) is 4.68. The van der Waals surface area contributed by atoms with E-state index >= 15 is 0 Å². The van der Waals surface area contributed by atoms with Gasteiger partial charge in [-0.2, -0.15) is 5.10 Å². The molecule has 96 valence electrons. The van der Waals surface area contributed by atoms with Gasteiger partial charge in [0.25, 0.3) is 0 Å². The molecule has 0 aliphatic heterocycles. The monoisotopic (exact) mass is 266 g/mol. The minimum atomic E-state index is -1.23. The molecule has 0 spiro atoms. The van der Waals surface area contributed by atoms with Gasteiger partial charge in [-0.25, -0.2) is 0 Å². The third-order valence-corrected chi connectivity index (χ3v) is 3.26. The fourth-order valence-electron chi connectivity index (χ4n) is 2.02. The molecule has 1 atom stereocenters. The Morgan fingerprint density at radius 2 is 2.17 bits per heavy atom. The second-order valence-electron chi connectivity index (χ2n) is 4.27. The molecule has 5 heteroatoms. The van der Waals surface area contributed by atoms with E-state index in [1.165, 1.54) is 6.20 Å². The summed E-state index contributed by atoms with van der Waals surface area (Å²) < 4.78 is 6.73. The van der Waals surface area contributed by atoms with Gasteiger partial charge in [-0.1, -0.05) is 23.7 Å². The van der Waals surface area contributed by atoms with Crippen molar-refractivity contribution < 1.29 is 9.84 Å². The van der Waals surface area contributed by atoms with Crippen molar-refractivity contribution in [2.45, 2.75) is 12.5 Å². The second kappa shape index (κ2) is 4.63. The molecule has 1 aromatic carbocycles. The van der Waals surface area contributed by atoms with Gasteiger partial charge >= 0.3 is 0 Å². The van der Waals surface area contributed by atoms with Crippen molar-refractivity contribution >= 4 is 11.6 Å². The molecule has 0 fully saturated rings. The zero-order chi connectivity index (χ0) is 13.3. The van der Waals surface area contributed by atoms with Crippen LogP contribution in [0, 0.1) is 0 Å². The average Bonchev–Trinajstić information content (AvgIpc) is 2.69. The average molecular weight is 267 g/mol. The first-order chi connectivity index (χ1) is 8.46. The number of rotatable bonds is 3. The Bertz CT molecular complexity index is 544. The Labute approximate surface area is 111 Å². The molecular formula is C13H15ClN2O2. The van der Waals surface area contributed by atoms with Crippen molar-refractivity contribution in [1.29, 1.82) is 0 Å². The van der Waals surface area contributed by atoms with Crippen LogP contribution in [0.25, 0.3) is 0 Å². The Balaban J connectivity index is 2.53. The van der Waals surface area contributed by atoms with Crippen LogP contribution in [0.3, 0.4) is 0 Å². The minimum absolute atomic E-state index is 0.435. The Morgan fingerprint density at radius 3 is 2.72 bits per heavy atom. The Hall–Kier alpha value is -1.52. The van der Waals surface area contributed by atoms with E-state index < -0.39 is 5.60 Å². The van der Waals surface area contributed by atoms with Crippen LogP contribution in [-0.4, -0.2) is 22.0 Å². The first-order valence-electron chi connectivity index (χ1n) is 5.51. The van der Waals surface area contributed by atoms with E-state index in [1.54, 1.807) is 31.8 Å². The molecule has 0 amide bonds. The molecule has 0 radical (unpaired) electrons. The van der Waals surface area contributed by atoms with Crippen LogP contribution >= 0.6 is 11.6 Å². The third-order valence-electron chi connectivity index (χ3n) is 2.99. The number of hydrogen-bond donors (Lipinski definition) is 1. The molecule has 1 aromatic heterocycles. The van der Waals surface area contributed by atoms with Crippen LogP contribution < -0.4 is 4.74 Å². The molecular weight excluding hydrogens is 252 g/mol. The summed E-state index contributed by atoms with van der Waals surface area (Å²) in [4.78, 5) is 0. The van der Waals surface area contributed by atoms with Crippen molar-refractivity contribution in [2.24, 2.45) is 7.05 Å². The SMILES string of the molecule is COc1cccc(C(C)(O)c2c(Cl)cnn2C)c1. The van der Waals surface area contributed by atoms with Crippen molar-refractivity contribution in [1.82, 2.24) is 9.78 Å². The predicted molar refractivity (Wildman–Crippen MR) is 69.9 cm³/mol. The van der Waals surface area contributed by atoms with E-state index in [4.69, 9.17) is 16.3 Å². The van der Waals surface area contributed by atoms with Crippen LogP contribution in [0.5, 0.6) is 5.75 Å². The summed E-state index contributed by atoms with van der Waals surface area (Å²) >= 11 is 6.08. The van der Waals surface area contributed by atoms with Gasteiger partial charge in [0.2, 0.25) is 0 Å². The number of aryl methyl sites for hydroxylation is 1. The van der Waals surface area contributed by atoms with Crippen molar-refractivity contribution in [3.8, 4) is 5.75 Å². The van der Waals surface area contributed by atoms with Gasteiger partial charge in [-0.15, -0.1) is 0 Å². The number of aromatic nitrogens is 2. The van der Waals surface area contributed by atoms with E-state index in [0.717, 1.165) is 0 Å². The molecule has 1 unspecified atom stereocenters. The van der Waals surface area contributed by atoms with Gasteiger partial charge in [-0.3, -0.25) is 4.68 Å². The smallest absolute Gasteiger partial charge is 0.130 e. The van der Waals surface area contributed by atoms with E-state index in [9.17, 15) is 5.11 Å². The fourth-order valence-corrected chi connectivity index (χ4v) is 2.37. The fraction of sp³-hybridized carbons (Fsp3) is 0.308. The largest absolute Gasteiger partial charge is 0.497 e. The lowest BCUT2D eigenvalue weighted by molar-refractivity contribution is 0.0927. The number of methoxy groups -OCH3 is 1. The van der Waals surface area contributed by atoms with Crippen molar-refractivity contribution in [3.05, 3.63) is 46.7 Å². The molecule has 1 N–H and O–H groups in total. The molecule has 0 saturated carbocycles. The summed E-state index contributed by atoms with van der Waals surface area (Å²) in [7, 11) is 3.33. The number of hydrogen-bond acceptors (Lipinski definition) is 3. The highest BCUT2D eigenvalue weighted by Crippen LogP contribution is 2.34. The van der Waals surface area contributed by atoms with Crippen molar-refractivity contribution in [3.63, 3.8) is 0 Å². The summed E-state index contributed by atoms with van der Waals surface area (Å²) in [6.45, 7) is 1.69. The van der Waals surface area contributed by atoms with E-state index in [-0.39, 0.29) is 0 Å². The van der Waals surface area contributed by atoms with E-state index in [2.05, 4.69) is 5.10 Å². The number of benzene rings is 1. The van der Waals surface area contributed by atoms with Crippen LogP contribution in [-0.2, 0) is 12.6 Å². The molecule has 2 rings (SSSR count). The molecule has 0 aliphatic carbocycles.